The third-order valence-electron chi connectivity index (χ3n) is 3.98. The molecule has 0 aliphatic carbocycles. The second kappa shape index (κ2) is 8.44. The van der Waals surface area contributed by atoms with Gasteiger partial charge in [-0.25, -0.2) is 4.79 Å². The number of hydrogen-bond acceptors (Lipinski definition) is 6. The quantitative estimate of drug-likeness (QED) is 0.830. The molecule has 1 aliphatic heterocycles. The number of carbonyl (C=O) groups excluding carboxylic acids is 2. The van der Waals surface area contributed by atoms with Gasteiger partial charge in [0.2, 0.25) is 0 Å². The molecule has 0 atom stereocenters. The molecule has 1 N–H and O–H groups in total. The van der Waals surface area contributed by atoms with Crippen molar-refractivity contribution in [3.8, 4) is 0 Å². The topological polar surface area (TPSA) is 80.8 Å². The van der Waals surface area contributed by atoms with Crippen LogP contribution in [0.1, 0.15) is 27.6 Å². The largest absolute Gasteiger partial charge is 0.462 e. The summed E-state index contributed by atoms with van der Waals surface area (Å²) in [5.41, 5.74) is 2.15. The number of anilines is 2. The van der Waals surface area contributed by atoms with Gasteiger partial charge in [0.15, 0.2) is 0 Å². The van der Waals surface area contributed by atoms with E-state index in [9.17, 15) is 9.59 Å². The second-order valence-electron chi connectivity index (χ2n) is 5.76. The number of para-hydroxylation sites is 1. The zero-order chi connectivity index (χ0) is 18.4. The molecular formula is C19H21N3O4. The molecule has 26 heavy (non-hydrogen) atoms. The number of rotatable bonds is 5. The molecule has 1 aromatic heterocycles. The minimum atomic E-state index is -0.399. The lowest BCUT2D eigenvalue weighted by Gasteiger charge is -2.26. The minimum absolute atomic E-state index is 0.0804. The highest BCUT2D eigenvalue weighted by Gasteiger charge is 2.19. The molecule has 2 aromatic rings. The molecule has 3 rings (SSSR count). The first-order valence-corrected chi connectivity index (χ1v) is 8.54. The van der Waals surface area contributed by atoms with Crippen molar-refractivity contribution in [3.63, 3.8) is 0 Å². The highest BCUT2D eigenvalue weighted by Crippen LogP contribution is 2.22. The first kappa shape index (κ1) is 17.9. The van der Waals surface area contributed by atoms with Crippen molar-refractivity contribution < 1.29 is 19.1 Å². The molecule has 136 valence electrons. The van der Waals surface area contributed by atoms with E-state index < -0.39 is 5.97 Å². The average Bonchev–Trinajstić information content (AvgIpc) is 2.69. The summed E-state index contributed by atoms with van der Waals surface area (Å²) in [6.45, 7) is 4.30. The third-order valence-corrected chi connectivity index (χ3v) is 3.98. The molecule has 1 aliphatic rings. The van der Waals surface area contributed by atoms with Crippen LogP contribution in [0.4, 0.5) is 11.4 Å². The smallest absolute Gasteiger partial charge is 0.340 e. The van der Waals surface area contributed by atoms with Crippen molar-refractivity contribution in [2.24, 2.45) is 0 Å². The van der Waals surface area contributed by atoms with Crippen molar-refractivity contribution in [2.75, 3.05) is 38.2 Å². The van der Waals surface area contributed by atoms with Crippen LogP contribution in [0.5, 0.6) is 0 Å². The number of aromatic nitrogens is 1. The lowest BCUT2D eigenvalue weighted by Crippen LogP contribution is -2.40. The van der Waals surface area contributed by atoms with Crippen LogP contribution in [0.2, 0.25) is 0 Å². The van der Waals surface area contributed by atoms with Crippen molar-refractivity contribution in [3.05, 3.63) is 53.9 Å². The Bertz CT molecular complexity index is 788. The molecule has 1 aromatic carbocycles. The Kier molecular flexibility index (Phi) is 5.80. The molecular weight excluding hydrogens is 334 g/mol. The van der Waals surface area contributed by atoms with E-state index in [1.807, 2.05) is 6.07 Å². The van der Waals surface area contributed by atoms with Gasteiger partial charge in [0.25, 0.3) is 5.91 Å². The number of esters is 1. The minimum Gasteiger partial charge on any atom is -0.462 e. The van der Waals surface area contributed by atoms with E-state index in [0.29, 0.717) is 55.4 Å². The summed E-state index contributed by atoms with van der Waals surface area (Å²) in [6, 6.07) is 8.79. The van der Waals surface area contributed by atoms with E-state index in [0.717, 1.165) is 0 Å². The second-order valence-corrected chi connectivity index (χ2v) is 5.76. The standard InChI is InChI=1S/C19H21N3O4/c1-2-26-19(24)16-5-3-4-6-17(16)21-15-11-14(12-20-13-15)18(23)22-7-9-25-10-8-22/h3-6,11-13,21H,2,7-10H2,1H3. The summed E-state index contributed by atoms with van der Waals surface area (Å²) in [7, 11) is 0. The first-order valence-electron chi connectivity index (χ1n) is 8.54. The van der Waals surface area contributed by atoms with Crippen molar-refractivity contribution in [2.45, 2.75) is 6.92 Å². The molecule has 7 heteroatoms. The number of morpholine rings is 1. The van der Waals surface area contributed by atoms with E-state index in [-0.39, 0.29) is 5.91 Å². The van der Waals surface area contributed by atoms with E-state index in [1.54, 1.807) is 48.5 Å². The molecule has 1 fully saturated rings. The van der Waals surface area contributed by atoms with Crippen LogP contribution in [0.25, 0.3) is 0 Å². The Morgan fingerprint density at radius 2 is 2.00 bits per heavy atom. The number of benzene rings is 1. The predicted octanol–water partition coefficient (Wildman–Crippen LogP) is 2.47. The van der Waals surface area contributed by atoms with Gasteiger partial charge in [-0.2, -0.15) is 0 Å². The summed E-state index contributed by atoms with van der Waals surface area (Å²) >= 11 is 0. The van der Waals surface area contributed by atoms with E-state index in [2.05, 4.69) is 10.3 Å². The average molecular weight is 355 g/mol. The molecule has 1 saturated heterocycles. The van der Waals surface area contributed by atoms with Gasteiger partial charge < -0.3 is 19.7 Å². The predicted molar refractivity (Wildman–Crippen MR) is 96.6 cm³/mol. The summed E-state index contributed by atoms with van der Waals surface area (Å²) < 4.78 is 10.4. The fourth-order valence-corrected chi connectivity index (χ4v) is 2.71. The van der Waals surface area contributed by atoms with Crippen LogP contribution >= 0.6 is 0 Å². The summed E-state index contributed by atoms with van der Waals surface area (Å²) in [4.78, 5) is 30.6. The monoisotopic (exact) mass is 355 g/mol. The lowest BCUT2D eigenvalue weighted by atomic mass is 10.1. The maximum absolute atomic E-state index is 12.6. The van der Waals surface area contributed by atoms with Crippen molar-refractivity contribution in [1.82, 2.24) is 9.88 Å². The highest BCUT2D eigenvalue weighted by molar-refractivity contribution is 5.97. The Morgan fingerprint density at radius 1 is 1.23 bits per heavy atom. The number of nitrogens with one attached hydrogen (secondary N) is 1. The van der Waals surface area contributed by atoms with Crippen LogP contribution in [0.3, 0.4) is 0 Å². The molecule has 0 radical (unpaired) electrons. The summed E-state index contributed by atoms with van der Waals surface area (Å²) in [5.74, 6) is -0.479. The normalized spacial score (nSPS) is 14.0. The van der Waals surface area contributed by atoms with Gasteiger partial charge in [-0.1, -0.05) is 12.1 Å². The Labute approximate surface area is 151 Å². The lowest BCUT2D eigenvalue weighted by molar-refractivity contribution is 0.0302. The molecule has 0 saturated carbocycles. The summed E-state index contributed by atoms with van der Waals surface area (Å²) in [6.07, 6.45) is 3.15. The zero-order valence-electron chi connectivity index (χ0n) is 14.6. The molecule has 0 spiro atoms. The van der Waals surface area contributed by atoms with Crippen LogP contribution in [-0.2, 0) is 9.47 Å². The SMILES string of the molecule is CCOC(=O)c1ccccc1Nc1cncc(C(=O)N2CCOCC2)c1. The summed E-state index contributed by atoms with van der Waals surface area (Å²) in [5, 5.41) is 3.15. The van der Waals surface area contributed by atoms with Gasteiger partial charge in [-0.3, -0.25) is 9.78 Å². The van der Waals surface area contributed by atoms with Gasteiger partial charge in [0.1, 0.15) is 0 Å². The fourth-order valence-electron chi connectivity index (χ4n) is 2.71. The number of amides is 1. The zero-order valence-corrected chi connectivity index (χ0v) is 14.6. The van der Waals surface area contributed by atoms with Gasteiger partial charge in [-0.05, 0) is 25.1 Å². The Hall–Kier alpha value is -2.93. The third kappa shape index (κ3) is 4.18. The van der Waals surface area contributed by atoms with Crippen molar-refractivity contribution >= 4 is 23.3 Å². The number of nitrogens with zero attached hydrogens (tertiary/aromatic N) is 2. The van der Waals surface area contributed by atoms with Gasteiger partial charge in [0, 0.05) is 19.3 Å². The van der Waals surface area contributed by atoms with Crippen LogP contribution in [-0.4, -0.2) is 54.7 Å². The van der Waals surface area contributed by atoms with Crippen LogP contribution in [0, 0.1) is 0 Å². The molecule has 0 unspecified atom stereocenters. The van der Waals surface area contributed by atoms with E-state index in [1.165, 1.54) is 0 Å². The first-order chi connectivity index (χ1) is 12.7. The van der Waals surface area contributed by atoms with Gasteiger partial charge >= 0.3 is 5.97 Å². The maximum atomic E-state index is 12.6. The molecule has 2 heterocycles. The van der Waals surface area contributed by atoms with E-state index in [4.69, 9.17) is 9.47 Å². The number of carbonyl (C=O) groups is 2. The fraction of sp³-hybridized carbons (Fsp3) is 0.316. The molecule has 1 amide bonds. The maximum Gasteiger partial charge on any atom is 0.340 e. The number of pyridine rings is 1. The molecule has 7 nitrogen and oxygen atoms in total. The van der Waals surface area contributed by atoms with E-state index >= 15 is 0 Å². The number of ether oxygens (including phenoxy) is 2. The van der Waals surface area contributed by atoms with Gasteiger partial charge in [0.05, 0.1) is 48.5 Å². The number of hydrogen-bond donors (Lipinski definition) is 1. The van der Waals surface area contributed by atoms with Crippen LogP contribution < -0.4 is 5.32 Å². The molecule has 0 bridgehead atoms. The Balaban J connectivity index is 1.79. The van der Waals surface area contributed by atoms with Crippen molar-refractivity contribution in [1.29, 1.82) is 0 Å². The van der Waals surface area contributed by atoms with Gasteiger partial charge in [-0.15, -0.1) is 0 Å². The Morgan fingerprint density at radius 3 is 2.77 bits per heavy atom. The van der Waals surface area contributed by atoms with Crippen LogP contribution in [0.15, 0.2) is 42.7 Å². The highest BCUT2D eigenvalue weighted by atomic mass is 16.5.